The molecule has 3 heteroatoms. The van der Waals surface area contributed by atoms with Crippen LogP contribution in [0.5, 0.6) is 0 Å². The Morgan fingerprint density at radius 3 is 2.67 bits per heavy atom. The molecule has 56 valence electrons. The number of piperidine rings is 1. The first-order valence-corrected chi connectivity index (χ1v) is 3.20. The summed E-state index contributed by atoms with van der Waals surface area (Å²) in [4.78, 5) is 0. The van der Waals surface area contributed by atoms with Gasteiger partial charge >= 0.3 is 0 Å². The summed E-state index contributed by atoms with van der Waals surface area (Å²) in [5.41, 5.74) is 0. The molecule has 9 heavy (non-hydrogen) atoms. The maximum absolute atomic E-state index is 11.8. The lowest BCUT2D eigenvalue weighted by atomic mass is 10.0. The molecule has 1 unspecified atom stereocenters. The van der Waals surface area contributed by atoms with E-state index in [1.165, 1.54) is 0 Å². The predicted octanol–water partition coefficient (Wildman–Crippen LogP) is 1.38. The average molecular weight is 154 g/mol. The van der Waals surface area contributed by atoms with Crippen LogP contribution in [0, 0.1) is 5.92 Å². The Hall–Kier alpha value is 0.180. The summed E-state index contributed by atoms with van der Waals surface area (Å²) < 4.78 is 11.8. The molecule has 0 amide bonds. The standard InChI is InChI=1S/C6H12FN.ClH/c7-4-6-2-1-3-8-5-6;/h6,8H,1-5H2;1H. The van der Waals surface area contributed by atoms with Gasteiger partial charge in [0.1, 0.15) is 0 Å². The Morgan fingerprint density at radius 2 is 2.33 bits per heavy atom. The fraction of sp³-hybridized carbons (Fsp3) is 1.00. The Bertz CT molecular complexity index is 64.1. The van der Waals surface area contributed by atoms with Crippen molar-refractivity contribution in [3.8, 4) is 0 Å². The van der Waals surface area contributed by atoms with Crippen LogP contribution in [0.2, 0.25) is 0 Å². The molecule has 1 saturated heterocycles. The maximum Gasteiger partial charge on any atom is 0.0934 e. The second-order valence-corrected chi connectivity index (χ2v) is 2.37. The van der Waals surface area contributed by atoms with E-state index in [1.54, 1.807) is 0 Å². The van der Waals surface area contributed by atoms with Crippen molar-refractivity contribution in [3.63, 3.8) is 0 Å². The van der Waals surface area contributed by atoms with Crippen molar-refractivity contribution in [3.05, 3.63) is 0 Å². The normalized spacial score (nSPS) is 27.0. The molecule has 1 heterocycles. The van der Waals surface area contributed by atoms with Crippen molar-refractivity contribution < 1.29 is 4.39 Å². The number of nitrogens with one attached hydrogen (secondary N) is 1. The van der Waals surface area contributed by atoms with Crippen LogP contribution in [0.1, 0.15) is 12.8 Å². The summed E-state index contributed by atoms with van der Waals surface area (Å²) in [5.74, 6) is 0.309. The molecule has 0 bridgehead atoms. The van der Waals surface area contributed by atoms with Crippen LogP contribution in [-0.4, -0.2) is 19.8 Å². The zero-order chi connectivity index (χ0) is 5.82. The lowest BCUT2D eigenvalue weighted by molar-refractivity contribution is 0.296. The highest BCUT2D eigenvalue weighted by Gasteiger charge is 2.10. The van der Waals surface area contributed by atoms with Crippen LogP contribution in [0.3, 0.4) is 0 Å². The first-order chi connectivity index (χ1) is 3.93. The molecule has 0 aromatic rings. The summed E-state index contributed by atoms with van der Waals surface area (Å²) in [6.07, 6.45) is 2.22. The second kappa shape index (κ2) is 5.00. The van der Waals surface area contributed by atoms with E-state index in [0.717, 1.165) is 25.9 Å². The van der Waals surface area contributed by atoms with Gasteiger partial charge in [0.25, 0.3) is 0 Å². The van der Waals surface area contributed by atoms with Gasteiger partial charge in [-0.25, -0.2) is 0 Å². The van der Waals surface area contributed by atoms with Gasteiger partial charge in [-0.2, -0.15) is 0 Å². The van der Waals surface area contributed by atoms with Crippen LogP contribution in [0.4, 0.5) is 4.39 Å². The zero-order valence-corrected chi connectivity index (χ0v) is 6.22. The molecule has 1 rings (SSSR count). The van der Waals surface area contributed by atoms with Crippen molar-refractivity contribution in [1.29, 1.82) is 0 Å². The van der Waals surface area contributed by atoms with Crippen molar-refractivity contribution in [1.82, 2.24) is 5.32 Å². The molecule has 1 fully saturated rings. The van der Waals surface area contributed by atoms with Crippen LogP contribution in [-0.2, 0) is 0 Å². The van der Waals surface area contributed by atoms with Gasteiger partial charge < -0.3 is 5.32 Å². The summed E-state index contributed by atoms with van der Waals surface area (Å²) in [6, 6.07) is 0. The third-order valence-electron chi connectivity index (χ3n) is 1.62. The average Bonchev–Trinajstić information content (AvgIpc) is 1.90. The lowest BCUT2D eigenvalue weighted by Crippen LogP contribution is -2.30. The Labute approximate surface area is 61.4 Å². The number of hydrogen-bond acceptors (Lipinski definition) is 1. The molecule has 0 spiro atoms. The highest BCUT2D eigenvalue weighted by atomic mass is 35.5. The first-order valence-electron chi connectivity index (χ1n) is 3.20. The summed E-state index contributed by atoms with van der Waals surface area (Å²) in [6.45, 7) is 1.82. The minimum Gasteiger partial charge on any atom is -0.316 e. The zero-order valence-electron chi connectivity index (χ0n) is 5.40. The third kappa shape index (κ3) is 3.01. The van der Waals surface area contributed by atoms with E-state index in [2.05, 4.69) is 5.32 Å². The van der Waals surface area contributed by atoms with E-state index in [9.17, 15) is 4.39 Å². The largest absolute Gasteiger partial charge is 0.316 e. The molecule has 0 radical (unpaired) electrons. The molecular formula is C6H13ClFN. The van der Waals surface area contributed by atoms with Crippen molar-refractivity contribution in [2.45, 2.75) is 12.8 Å². The molecule has 1 atom stereocenters. The number of halogens is 2. The minimum atomic E-state index is -0.146. The first kappa shape index (κ1) is 9.18. The summed E-state index contributed by atoms with van der Waals surface area (Å²) >= 11 is 0. The lowest BCUT2D eigenvalue weighted by Gasteiger charge is -2.18. The van der Waals surface area contributed by atoms with E-state index in [4.69, 9.17) is 0 Å². The predicted molar refractivity (Wildman–Crippen MR) is 38.8 cm³/mol. The van der Waals surface area contributed by atoms with Gasteiger partial charge in [0.15, 0.2) is 0 Å². The third-order valence-corrected chi connectivity index (χ3v) is 1.62. The SMILES string of the molecule is Cl.FCC1CCCNC1. The fourth-order valence-corrected chi connectivity index (χ4v) is 1.06. The van der Waals surface area contributed by atoms with E-state index in [1.807, 2.05) is 0 Å². The second-order valence-electron chi connectivity index (χ2n) is 2.37. The van der Waals surface area contributed by atoms with Crippen molar-refractivity contribution in [2.75, 3.05) is 19.8 Å². The molecule has 0 aromatic carbocycles. The van der Waals surface area contributed by atoms with Gasteiger partial charge in [0.05, 0.1) is 6.67 Å². The van der Waals surface area contributed by atoms with Gasteiger partial charge in [0.2, 0.25) is 0 Å². The highest BCUT2D eigenvalue weighted by Crippen LogP contribution is 2.08. The molecule has 0 aromatic heterocycles. The van der Waals surface area contributed by atoms with Crippen LogP contribution >= 0.6 is 12.4 Å². The van der Waals surface area contributed by atoms with Gasteiger partial charge in [-0.3, -0.25) is 4.39 Å². The molecule has 1 aliphatic heterocycles. The number of rotatable bonds is 1. The van der Waals surface area contributed by atoms with Gasteiger partial charge in [-0.1, -0.05) is 0 Å². The quantitative estimate of drug-likeness (QED) is 0.600. The summed E-state index contributed by atoms with van der Waals surface area (Å²) in [7, 11) is 0. The molecule has 0 saturated carbocycles. The molecule has 1 N–H and O–H groups in total. The van der Waals surface area contributed by atoms with Crippen molar-refractivity contribution in [2.24, 2.45) is 5.92 Å². The van der Waals surface area contributed by atoms with Gasteiger partial charge in [0, 0.05) is 6.54 Å². The van der Waals surface area contributed by atoms with E-state index < -0.39 is 0 Å². The smallest absolute Gasteiger partial charge is 0.0934 e. The van der Waals surface area contributed by atoms with Crippen LogP contribution in [0.25, 0.3) is 0 Å². The van der Waals surface area contributed by atoms with Crippen LogP contribution in [0.15, 0.2) is 0 Å². The number of hydrogen-bond donors (Lipinski definition) is 1. The maximum atomic E-state index is 11.8. The fourth-order valence-electron chi connectivity index (χ4n) is 1.06. The number of alkyl halides is 1. The Morgan fingerprint density at radius 1 is 1.56 bits per heavy atom. The van der Waals surface area contributed by atoms with Crippen LogP contribution < -0.4 is 5.32 Å². The monoisotopic (exact) mass is 153 g/mol. The molecule has 1 nitrogen and oxygen atoms in total. The highest BCUT2D eigenvalue weighted by molar-refractivity contribution is 5.85. The Balaban J connectivity index is 0.000000640. The van der Waals surface area contributed by atoms with Gasteiger partial charge in [-0.15, -0.1) is 12.4 Å². The molecule has 0 aliphatic carbocycles. The molecule has 1 aliphatic rings. The van der Waals surface area contributed by atoms with E-state index in [0.29, 0.717) is 5.92 Å². The molecular weight excluding hydrogens is 141 g/mol. The van der Waals surface area contributed by atoms with E-state index in [-0.39, 0.29) is 19.1 Å². The van der Waals surface area contributed by atoms with E-state index >= 15 is 0 Å². The van der Waals surface area contributed by atoms with Gasteiger partial charge in [-0.05, 0) is 25.3 Å². The topological polar surface area (TPSA) is 12.0 Å². The van der Waals surface area contributed by atoms with Crippen molar-refractivity contribution >= 4 is 12.4 Å². The minimum absolute atomic E-state index is 0. The Kier molecular flexibility index (Phi) is 5.10. The summed E-state index contributed by atoms with van der Waals surface area (Å²) in [5, 5.41) is 3.15.